The molecule has 4 rings (SSSR count). The molecule has 0 fully saturated rings. The van der Waals surface area contributed by atoms with E-state index in [-0.39, 0.29) is 0 Å². The fourth-order valence-electron chi connectivity index (χ4n) is 3.33. The van der Waals surface area contributed by atoms with Gasteiger partial charge in [-0.2, -0.15) is 5.10 Å². The molecule has 0 unspecified atom stereocenters. The predicted molar refractivity (Wildman–Crippen MR) is 114 cm³/mol. The fraction of sp³-hybridized carbons (Fsp3) is 0.200. The van der Waals surface area contributed by atoms with Gasteiger partial charge in [0.05, 0.1) is 15.7 Å². The Bertz CT molecular complexity index is 1110. The number of fused-ring (bicyclic) bond motifs is 1. The summed E-state index contributed by atoms with van der Waals surface area (Å²) < 4.78 is 4.80. The van der Waals surface area contributed by atoms with Gasteiger partial charge in [0.1, 0.15) is 17.0 Å². The summed E-state index contributed by atoms with van der Waals surface area (Å²) in [4.78, 5) is 4.86. The van der Waals surface area contributed by atoms with Crippen molar-refractivity contribution in [2.24, 2.45) is 0 Å². The molecule has 0 saturated carbocycles. The van der Waals surface area contributed by atoms with Crippen LogP contribution in [0.1, 0.15) is 24.0 Å². The molecule has 0 atom stereocenters. The molecule has 4 aromatic rings. The van der Waals surface area contributed by atoms with E-state index in [1.807, 2.05) is 37.3 Å². The second kappa shape index (κ2) is 7.30. The van der Waals surface area contributed by atoms with Gasteiger partial charge in [-0.25, -0.2) is 9.67 Å². The van der Waals surface area contributed by atoms with Crippen molar-refractivity contribution in [3.8, 4) is 5.69 Å². The lowest BCUT2D eigenvalue weighted by Crippen LogP contribution is -2.05. The van der Waals surface area contributed by atoms with Crippen LogP contribution in [0.15, 0.2) is 46.9 Å². The van der Waals surface area contributed by atoms with E-state index in [2.05, 4.69) is 39.6 Å². The highest BCUT2D eigenvalue weighted by Gasteiger charge is 2.21. The lowest BCUT2D eigenvalue weighted by Gasteiger charge is -2.08. The molecule has 7 heteroatoms. The molecule has 138 valence electrons. The van der Waals surface area contributed by atoms with E-state index in [1.165, 1.54) is 5.56 Å². The van der Waals surface area contributed by atoms with Crippen molar-refractivity contribution in [3.63, 3.8) is 0 Å². The number of rotatable bonds is 4. The van der Waals surface area contributed by atoms with Crippen LogP contribution < -0.4 is 0 Å². The average Bonchev–Trinajstić information content (AvgIpc) is 3.13. The van der Waals surface area contributed by atoms with Crippen molar-refractivity contribution < 1.29 is 0 Å². The van der Waals surface area contributed by atoms with Crippen LogP contribution in [0.4, 0.5) is 0 Å². The van der Waals surface area contributed by atoms with Crippen LogP contribution >= 0.6 is 39.1 Å². The van der Waals surface area contributed by atoms with Gasteiger partial charge in [0.2, 0.25) is 0 Å². The summed E-state index contributed by atoms with van der Waals surface area (Å²) in [5.74, 6) is 1.01. The zero-order chi connectivity index (χ0) is 19.1. The van der Waals surface area contributed by atoms with E-state index >= 15 is 0 Å². The maximum atomic E-state index is 6.48. The Morgan fingerprint density at radius 1 is 1.07 bits per heavy atom. The molecule has 0 spiro atoms. The molecule has 0 amide bonds. The minimum atomic E-state index is 0.523. The highest BCUT2D eigenvalue weighted by Crippen LogP contribution is 2.35. The van der Waals surface area contributed by atoms with Gasteiger partial charge >= 0.3 is 0 Å². The molecule has 4 nitrogen and oxygen atoms in total. The van der Waals surface area contributed by atoms with Crippen LogP contribution in [0.25, 0.3) is 16.9 Å². The van der Waals surface area contributed by atoms with Crippen molar-refractivity contribution >= 4 is 50.3 Å². The number of halogens is 3. The number of hydrogen-bond donors (Lipinski definition) is 0. The molecule has 2 heterocycles. The largest absolute Gasteiger partial charge is 0.321 e. The molecule has 0 aliphatic heterocycles. The summed E-state index contributed by atoms with van der Waals surface area (Å²) in [6, 6.07) is 14.0. The third kappa shape index (κ3) is 3.28. The minimum absolute atomic E-state index is 0.523. The zero-order valence-corrected chi connectivity index (χ0v) is 18.0. The molecule has 2 aromatic carbocycles. The van der Waals surface area contributed by atoms with E-state index < -0.39 is 0 Å². The zero-order valence-electron chi connectivity index (χ0n) is 14.9. The lowest BCUT2D eigenvalue weighted by molar-refractivity contribution is 0.744. The molecule has 27 heavy (non-hydrogen) atoms. The summed E-state index contributed by atoms with van der Waals surface area (Å²) in [6.45, 7) is 4.84. The van der Waals surface area contributed by atoms with Crippen LogP contribution in [0.5, 0.6) is 0 Å². The molecule has 0 N–H and O–H groups in total. The quantitative estimate of drug-likeness (QED) is 0.360. The van der Waals surface area contributed by atoms with Crippen LogP contribution in [-0.4, -0.2) is 19.3 Å². The van der Waals surface area contributed by atoms with Crippen LogP contribution in [0.2, 0.25) is 10.0 Å². The van der Waals surface area contributed by atoms with Crippen LogP contribution in [-0.2, 0) is 13.0 Å². The Morgan fingerprint density at radius 2 is 1.74 bits per heavy atom. The van der Waals surface area contributed by atoms with Gasteiger partial charge in [0.15, 0.2) is 5.65 Å². The predicted octanol–water partition coefficient (Wildman–Crippen LogP) is 6.21. The summed E-state index contributed by atoms with van der Waals surface area (Å²) in [7, 11) is 0. The molecular formula is C20H17BrCl2N4. The van der Waals surface area contributed by atoms with E-state index in [1.54, 1.807) is 4.68 Å². The Morgan fingerprint density at radius 3 is 2.37 bits per heavy atom. The summed E-state index contributed by atoms with van der Waals surface area (Å²) in [5.41, 5.74) is 4.53. The smallest absolute Gasteiger partial charge is 0.181 e. The lowest BCUT2D eigenvalue weighted by atomic mass is 10.2. The first-order chi connectivity index (χ1) is 13.0. The van der Waals surface area contributed by atoms with Gasteiger partial charge in [-0.1, -0.05) is 76.4 Å². The topological polar surface area (TPSA) is 35.6 Å². The van der Waals surface area contributed by atoms with E-state index in [0.29, 0.717) is 15.7 Å². The standard InChI is InChI=1S/C20H17BrCl2N4/c1-3-17-24-20-18(26(17)11-13-7-5-4-6-8-13)12(2)25-27(20)19-15(22)9-14(21)10-16(19)23/h4-10H,3,11H2,1-2H3. The minimum Gasteiger partial charge on any atom is -0.321 e. The Labute approximate surface area is 175 Å². The summed E-state index contributed by atoms with van der Waals surface area (Å²) >= 11 is 16.4. The Hall–Kier alpha value is -1.82. The van der Waals surface area contributed by atoms with Gasteiger partial charge in [-0.3, -0.25) is 0 Å². The Kier molecular flexibility index (Phi) is 5.01. The van der Waals surface area contributed by atoms with E-state index in [4.69, 9.17) is 33.3 Å². The molecule has 0 saturated heterocycles. The van der Waals surface area contributed by atoms with Crippen molar-refractivity contribution in [1.82, 2.24) is 19.3 Å². The van der Waals surface area contributed by atoms with Gasteiger partial charge in [0, 0.05) is 17.4 Å². The van der Waals surface area contributed by atoms with Gasteiger partial charge in [-0.05, 0) is 24.6 Å². The first-order valence-corrected chi connectivity index (χ1v) is 10.2. The Balaban J connectivity index is 1.94. The van der Waals surface area contributed by atoms with Gasteiger partial charge < -0.3 is 4.57 Å². The SMILES string of the molecule is CCc1nc2c(c(C)nn2-c2c(Cl)cc(Br)cc2Cl)n1Cc1ccccc1. The fourth-order valence-corrected chi connectivity index (χ4v) is 4.70. The second-order valence-corrected chi connectivity index (χ2v) is 8.07. The average molecular weight is 464 g/mol. The highest BCUT2D eigenvalue weighted by atomic mass is 79.9. The summed E-state index contributed by atoms with van der Waals surface area (Å²) in [6.07, 6.45) is 0.822. The number of benzene rings is 2. The molecule has 0 bridgehead atoms. The summed E-state index contributed by atoms with van der Waals surface area (Å²) in [5, 5.41) is 5.74. The number of hydrogen-bond acceptors (Lipinski definition) is 2. The molecule has 0 aliphatic rings. The van der Waals surface area contributed by atoms with Gasteiger partial charge in [0.25, 0.3) is 0 Å². The number of imidazole rings is 1. The highest BCUT2D eigenvalue weighted by molar-refractivity contribution is 9.10. The first kappa shape index (κ1) is 18.5. The third-order valence-electron chi connectivity index (χ3n) is 4.51. The monoisotopic (exact) mass is 462 g/mol. The van der Waals surface area contributed by atoms with Crippen molar-refractivity contribution in [3.05, 3.63) is 74.1 Å². The second-order valence-electron chi connectivity index (χ2n) is 6.34. The van der Waals surface area contributed by atoms with Crippen molar-refractivity contribution in [1.29, 1.82) is 0 Å². The maximum Gasteiger partial charge on any atom is 0.181 e. The van der Waals surface area contributed by atoms with Crippen LogP contribution in [0, 0.1) is 6.92 Å². The molecule has 2 aromatic heterocycles. The van der Waals surface area contributed by atoms with E-state index in [9.17, 15) is 0 Å². The molecular weight excluding hydrogens is 447 g/mol. The number of nitrogens with zero attached hydrogens (tertiary/aromatic N) is 4. The third-order valence-corrected chi connectivity index (χ3v) is 5.55. The number of aryl methyl sites for hydroxylation is 2. The normalized spacial score (nSPS) is 11.4. The maximum absolute atomic E-state index is 6.48. The molecule has 0 aliphatic carbocycles. The van der Waals surface area contributed by atoms with Crippen molar-refractivity contribution in [2.75, 3.05) is 0 Å². The van der Waals surface area contributed by atoms with E-state index in [0.717, 1.165) is 40.1 Å². The number of aromatic nitrogens is 4. The van der Waals surface area contributed by atoms with Crippen molar-refractivity contribution in [2.45, 2.75) is 26.8 Å². The molecule has 0 radical (unpaired) electrons. The van der Waals surface area contributed by atoms with Crippen LogP contribution in [0.3, 0.4) is 0 Å². The first-order valence-electron chi connectivity index (χ1n) is 8.63. The van der Waals surface area contributed by atoms with Gasteiger partial charge in [-0.15, -0.1) is 0 Å².